The number of hydrogen-bond acceptors (Lipinski definition) is 5. The topological polar surface area (TPSA) is 64.6 Å². The number of anilines is 1. The van der Waals surface area contributed by atoms with Gasteiger partial charge in [0.15, 0.2) is 0 Å². The second kappa shape index (κ2) is 7.89. The Morgan fingerprint density at radius 3 is 2.50 bits per heavy atom. The molecule has 1 aromatic rings. The molecule has 5 nitrogen and oxygen atoms in total. The maximum Gasteiger partial charge on any atom is 0.331 e. The van der Waals surface area contributed by atoms with Gasteiger partial charge in [-0.2, -0.15) is 0 Å². The molecule has 1 N–H and O–H groups in total. The van der Waals surface area contributed by atoms with Crippen LogP contribution < -0.4 is 5.32 Å². The van der Waals surface area contributed by atoms with Gasteiger partial charge in [-0.1, -0.05) is 18.2 Å². The summed E-state index contributed by atoms with van der Waals surface area (Å²) in [5.74, 6) is -1.16. The van der Waals surface area contributed by atoms with Gasteiger partial charge < -0.3 is 14.8 Å². The lowest BCUT2D eigenvalue weighted by Gasteiger charge is -2.05. The highest BCUT2D eigenvalue weighted by Gasteiger charge is 1.99. The van der Waals surface area contributed by atoms with Crippen LogP contribution in [0.5, 0.6) is 0 Å². The summed E-state index contributed by atoms with van der Waals surface area (Å²) in [5, 5.41) is 3.08. The van der Waals surface area contributed by atoms with Crippen molar-refractivity contribution < 1.29 is 19.1 Å². The lowest BCUT2D eigenvalue weighted by atomic mass is 10.3. The number of carbonyl (C=O) groups is 2. The van der Waals surface area contributed by atoms with Crippen molar-refractivity contribution in [2.24, 2.45) is 0 Å². The third-order valence-corrected chi connectivity index (χ3v) is 2.01. The molecule has 0 atom stereocenters. The first-order chi connectivity index (χ1) is 8.72. The van der Waals surface area contributed by atoms with E-state index in [1.165, 1.54) is 7.11 Å². The first-order valence-corrected chi connectivity index (χ1v) is 5.44. The Kier molecular flexibility index (Phi) is 6.03. The summed E-state index contributed by atoms with van der Waals surface area (Å²) in [4.78, 5) is 21.8. The minimum atomic E-state index is -0.589. The molecule has 5 heteroatoms. The van der Waals surface area contributed by atoms with Crippen LogP contribution in [0.1, 0.15) is 0 Å². The molecule has 1 rings (SSSR count). The Morgan fingerprint density at radius 2 is 1.83 bits per heavy atom. The van der Waals surface area contributed by atoms with Crippen molar-refractivity contribution in [3.8, 4) is 0 Å². The van der Waals surface area contributed by atoms with Gasteiger partial charge >= 0.3 is 11.9 Å². The molecule has 96 valence electrons. The van der Waals surface area contributed by atoms with Gasteiger partial charge in [0.1, 0.15) is 6.61 Å². The van der Waals surface area contributed by atoms with Gasteiger partial charge in [-0.25, -0.2) is 9.59 Å². The van der Waals surface area contributed by atoms with E-state index in [1.807, 2.05) is 30.3 Å². The quantitative estimate of drug-likeness (QED) is 0.468. The second-order valence-corrected chi connectivity index (χ2v) is 3.32. The zero-order chi connectivity index (χ0) is 13.2. The lowest BCUT2D eigenvalue weighted by molar-refractivity contribution is -0.139. The third kappa shape index (κ3) is 5.69. The first kappa shape index (κ1) is 13.8. The zero-order valence-corrected chi connectivity index (χ0v) is 10.1. The van der Waals surface area contributed by atoms with Crippen molar-refractivity contribution in [2.75, 3.05) is 25.6 Å². The molecular weight excluding hydrogens is 234 g/mol. The number of nitrogens with one attached hydrogen (secondary N) is 1. The standard InChI is InChI=1S/C13H15NO4/c1-17-12(15)7-8-13(16)18-10-9-14-11-5-3-2-4-6-11/h2-8,14H,9-10H2,1H3. The molecule has 0 saturated heterocycles. The molecule has 0 heterocycles. The third-order valence-electron chi connectivity index (χ3n) is 2.01. The van der Waals surface area contributed by atoms with Crippen LogP contribution in [0.4, 0.5) is 5.69 Å². The highest BCUT2D eigenvalue weighted by molar-refractivity contribution is 5.91. The number of esters is 2. The van der Waals surface area contributed by atoms with Crippen molar-refractivity contribution in [1.82, 2.24) is 0 Å². The molecule has 0 bridgehead atoms. The van der Waals surface area contributed by atoms with Crippen LogP contribution in [-0.4, -0.2) is 32.2 Å². The highest BCUT2D eigenvalue weighted by atomic mass is 16.5. The average molecular weight is 249 g/mol. The van der Waals surface area contributed by atoms with Crippen molar-refractivity contribution in [3.63, 3.8) is 0 Å². The predicted octanol–water partition coefficient (Wildman–Crippen LogP) is 1.37. The van der Waals surface area contributed by atoms with Crippen molar-refractivity contribution in [3.05, 3.63) is 42.5 Å². The Labute approximate surface area is 105 Å². The van der Waals surface area contributed by atoms with Crippen LogP contribution in [0.3, 0.4) is 0 Å². The fraction of sp³-hybridized carbons (Fsp3) is 0.231. The summed E-state index contributed by atoms with van der Waals surface area (Å²) in [6, 6.07) is 9.57. The van der Waals surface area contributed by atoms with Crippen LogP contribution in [0.25, 0.3) is 0 Å². The normalized spacial score (nSPS) is 10.1. The Hall–Kier alpha value is -2.30. The van der Waals surface area contributed by atoms with Crippen molar-refractivity contribution >= 4 is 17.6 Å². The van der Waals surface area contributed by atoms with Crippen molar-refractivity contribution in [1.29, 1.82) is 0 Å². The maximum atomic E-state index is 11.1. The molecule has 0 radical (unpaired) electrons. The average Bonchev–Trinajstić information content (AvgIpc) is 2.42. The van der Waals surface area contributed by atoms with Gasteiger partial charge in [0.25, 0.3) is 0 Å². The Morgan fingerprint density at radius 1 is 1.17 bits per heavy atom. The van der Waals surface area contributed by atoms with Crippen LogP contribution in [0.15, 0.2) is 42.5 Å². The van der Waals surface area contributed by atoms with E-state index in [0.29, 0.717) is 6.54 Å². The van der Waals surface area contributed by atoms with Crippen LogP contribution in [0, 0.1) is 0 Å². The molecule has 0 unspecified atom stereocenters. The highest BCUT2D eigenvalue weighted by Crippen LogP contribution is 2.03. The van der Waals surface area contributed by atoms with Crippen LogP contribution in [0.2, 0.25) is 0 Å². The smallest absolute Gasteiger partial charge is 0.331 e. The van der Waals surface area contributed by atoms with E-state index in [9.17, 15) is 9.59 Å². The first-order valence-electron chi connectivity index (χ1n) is 5.44. The number of benzene rings is 1. The van der Waals surface area contributed by atoms with Crippen molar-refractivity contribution in [2.45, 2.75) is 0 Å². The maximum absolute atomic E-state index is 11.1. The molecule has 1 aromatic carbocycles. The minimum Gasteiger partial charge on any atom is -0.466 e. The van der Waals surface area contributed by atoms with E-state index in [4.69, 9.17) is 4.74 Å². The van der Waals surface area contributed by atoms with E-state index in [2.05, 4.69) is 10.1 Å². The number of carbonyl (C=O) groups excluding carboxylic acids is 2. The van der Waals surface area contributed by atoms with Crippen LogP contribution >= 0.6 is 0 Å². The van der Waals surface area contributed by atoms with Gasteiger partial charge in [-0.15, -0.1) is 0 Å². The molecule has 0 aromatic heterocycles. The zero-order valence-electron chi connectivity index (χ0n) is 10.1. The summed E-state index contributed by atoms with van der Waals surface area (Å²) in [6.07, 6.45) is 2.06. The number of hydrogen-bond donors (Lipinski definition) is 1. The van der Waals surface area contributed by atoms with E-state index >= 15 is 0 Å². The largest absolute Gasteiger partial charge is 0.466 e. The monoisotopic (exact) mass is 249 g/mol. The molecule has 0 spiro atoms. The summed E-state index contributed by atoms with van der Waals surface area (Å²) in [6.45, 7) is 0.723. The molecule has 0 aliphatic heterocycles. The SMILES string of the molecule is COC(=O)C=CC(=O)OCCNc1ccccc1. The fourth-order valence-corrected chi connectivity index (χ4v) is 1.16. The van der Waals surface area contributed by atoms with E-state index in [1.54, 1.807) is 0 Å². The molecule has 0 fully saturated rings. The number of para-hydroxylation sites is 1. The van der Waals surface area contributed by atoms with Gasteiger partial charge in [0, 0.05) is 24.4 Å². The van der Waals surface area contributed by atoms with Gasteiger partial charge in [-0.3, -0.25) is 0 Å². The number of ether oxygens (including phenoxy) is 2. The summed E-state index contributed by atoms with van der Waals surface area (Å²) < 4.78 is 9.20. The predicted molar refractivity (Wildman–Crippen MR) is 67.0 cm³/mol. The number of methoxy groups -OCH3 is 1. The molecular formula is C13H15NO4. The summed E-state index contributed by atoms with van der Waals surface area (Å²) in [5.41, 5.74) is 0.957. The summed E-state index contributed by atoms with van der Waals surface area (Å²) in [7, 11) is 1.24. The second-order valence-electron chi connectivity index (χ2n) is 3.32. The van der Waals surface area contributed by atoms with Gasteiger partial charge in [-0.05, 0) is 12.1 Å². The van der Waals surface area contributed by atoms with E-state index in [0.717, 1.165) is 17.8 Å². The lowest BCUT2D eigenvalue weighted by Crippen LogP contribution is -2.12. The Bertz CT molecular complexity index is 414. The molecule has 0 amide bonds. The minimum absolute atomic E-state index is 0.221. The Balaban J connectivity index is 2.16. The molecule has 0 saturated carbocycles. The van der Waals surface area contributed by atoms with Gasteiger partial charge in [0.2, 0.25) is 0 Å². The fourth-order valence-electron chi connectivity index (χ4n) is 1.16. The summed E-state index contributed by atoms with van der Waals surface area (Å²) >= 11 is 0. The molecule has 18 heavy (non-hydrogen) atoms. The number of rotatable bonds is 6. The van der Waals surface area contributed by atoms with E-state index < -0.39 is 11.9 Å². The van der Waals surface area contributed by atoms with Crippen LogP contribution in [-0.2, 0) is 19.1 Å². The van der Waals surface area contributed by atoms with E-state index in [-0.39, 0.29) is 6.61 Å². The van der Waals surface area contributed by atoms with Gasteiger partial charge in [0.05, 0.1) is 7.11 Å². The molecule has 0 aliphatic rings. The molecule has 0 aliphatic carbocycles.